The van der Waals surface area contributed by atoms with Gasteiger partial charge in [0.15, 0.2) is 0 Å². The van der Waals surface area contributed by atoms with Gasteiger partial charge in [0.05, 0.1) is 13.3 Å². The van der Waals surface area contributed by atoms with E-state index in [1.807, 2.05) is 30.1 Å². The number of aromatic nitrogens is 2. The summed E-state index contributed by atoms with van der Waals surface area (Å²) >= 11 is 0. The Morgan fingerprint density at radius 3 is 2.80 bits per heavy atom. The molecule has 0 spiro atoms. The Balaban J connectivity index is 2.19. The molecule has 0 fully saturated rings. The quantitative estimate of drug-likeness (QED) is 0.843. The molecule has 1 aromatic heterocycles. The van der Waals surface area contributed by atoms with Crippen LogP contribution in [0, 0.1) is 0 Å². The third kappa shape index (κ3) is 3.61. The Morgan fingerprint density at radius 1 is 1.35 bits per heavy atom. The highest BCUT2D eigenvalue weighted by Crippen LogP contribution is 2.24. The highest BCUT2D eigenvalue weighted by atomic mass is 16.5. The number of methoxy groups -OCH3 is 1. The molecule has 2 aromatic rings. The van der Waals surface area contributed by atoms with Gasteiger partial charge in [0.25, 0.3) is 0 Å². The summed E-state index contributed by atoms with van der Waals surface area (Å²) in [6.45, 7) is 3.17. The van der Waals surface area contributed by atoms with Gasteiger partial charge in [0, 0.05) is 24.8 Å². The molecular weight excluding hydrogens is 250 g/mol. The lowest BCUT2D eigenvalue weighted by Gasteiger charge is -2.18. The minimum Gasteiger partial charge on any atom is -0.496 e. The Bertz CT molecular complexity index is 536. The van der Waals surface area contributed by atoms with Crippen molar-refractivity contribution in [2.45, 2.75) is 25.8 Å². The van der Waals surface area contributed by atoms with Gasteiger partial charge in [0.1, 0.15) is 5.75 Å². The molecule has 0 amide bonds. The minimum atomic E-state index is 0.264. The number of nitrogens with one attached hydrogen (secondary N) is 1. The first-order valence-electron chi connectivity index (χ1n) is 7.08. The maximum Gasteiger partial charge on any atom is 0.122 e. The van der Waals surface area contributed by atoms with E-state index in [1.165, 1.54) is 11.1 Å². The zero-order valence-electron chi connectivity index (χ0n) is 12.5. The molecule has 4 heteroatoms. The molecular formula is C16H23N3O. The van der Waals surface area contributed by atoms with E-state index in [0.717, 1.165) is 25.1 Å². The van der Waals surface area contributed by atoms with Crippen LogP contribution in [0.3, 0.4) is 0 Å². The zero-order chi connectivity index (χ0) is 14.4. The highest BCUT2D eigenvalue weighted by molar-refractivity contribution is 5.34. The molecule has 1 aromatic carbocycles. The van der Waals surface area contributed by atoms with Crippen molar-refractivity contribution in [1.82, 2.24) is 15.1 Å². The first kappa shape index (κ1) is 14.6. The van der Waals surface area contributed by atoms with Crippen LogP contribution in [-0.2, 0) is 13.5 Å². The van der Waals surface area contributed by atoms with E-state index in [4.69, 9.17) is 4.74 Å². The molecule has 4 nitrogen and oxygen atoms in total. The van der Waals surface area contributed by atoms with Gasteiger partial charge in [-0.15, -0.1) is 0 Å². The SMILES string of the molecule is CCCNC(Cc1ccccc1OC)c1cnn(C)c1. The summed E-state index contributed by atoms with van der Waals surface area (Å²) in [7, 11) is 3.67. The smallest absolute Gasteiger partial charge is 0.122 e. The van der Waals surface area contributed by atoms with Gasteiger partial charge in [-0.1, -0.05) is 25.1 Å². The van der Waals surface area contributed by atoms with Crippen LogP contribution in [0.15, 0.2) is 36.7 Å². The largest absolute Gasteiger partial charge is 0.496 e. The molecule has 20 heavy (non-hydrogen) atoms. The van der Waals surface area contributed by atoms with E-state index in [2.05, 4.69) is 35.7 Å². The second-order valence-corrected chi connectivity index (χ2v) is 4.97. The van der Waals surface area contributed by atoms with E-state index in [0.29, 0.717) is 0 Å². The van der Waals surface area contributed by atoms with E-state index in [-0.39, 0.29) is 6.04 Å². The molecule has 1 N–H and O–H groups in total. The molecule has 1 heterocycles. The monoisotopic (exact) mass is 273 g/mol. The molecule has 1 atom stereocenters. The topological polar surface area (TPSA) is 39.1 Å². The number of hydrogen-bond acceptors (Lipinski definition) is 3. The van der Waals surface area contributed by atoms with E-state index in [1.54, 1.807) is 7.11 Å². The Kier molecular flexibility index (Phi) is 5.18. The predicted molar refractivity (Wildman–Crippen MR) is 80.9 cm³/mol. The van der Waals surface area contributed by atoms with E-state index in [9.17, 15) is 0 Å². The third-order valence-corrected chi connectivity index (χ3v) is 3.38. The lowest BCUT2D eigenvalue weighted by atomic mass is 10.0. The average Bonchev–Trinajstić information content (AvgIpc) is 2.90. The Hall–Kier alpha value is -1.81. The summed E-state index contributed by atoms with van der Waals surface area (Å²) in [5.41, 5.74) is 2.43. The van der Waals surface area contributed by atoms with Crippen molar-refractivity contribution < 1.29 is 4.74 Å². The van der Waals surface area contributed by atoms with Crippen LogP contribution >= 0.6 is 0 Å². The summed E-state index contributed by atoms with van der Waals surface area (Å²) in [4.78, 5) is 0. The summed E-state index contributed by atoms with van der Waals surface area (Å²) in [6.07, 6.45) is 6.02. The maximum atomic E-state index is 5.44. The second kappa shape index (κ2) is 7.10. The van der Waals surface area contributed by atoms with Crippen LogP contribution < -0.4 is 10.1 Å². The lowest BCUT2D eigenvalue weighted by Crippen LogP contribution is -2.24. The van der Waals surface area contributed by atoms with E-state index >= 15 is 0 Å². The van der Waals surface area contributed by atoms with Crippen LogP contribution in [0.4, 0.5) is 0 Å². The fraction of sp³-hybridized carbons (Fsp3) is 0.438. The molecule has 2 rings (SSSR count). The predicted octanol–water partition coefficient (Wildman–Crippen LogP) is 2.71. The first-order chi connectivity index (χ1) is 9.74. The molecule has 0 saturated carbocycles. The first-order valence-corrected chi connectivity index (χ1v) is 7.08. The normalized spacial score (nSPS) is 12.3. The number of benzene rings is 1. The molecule has 0 radical (unpaired) electrons. The standard InChI is InChI=1S/C16H23N3O/c1-4-9-17-15(14-11-18-19(2)12-14)10-13-7-5-6-8-16(13)20-3/h5-8,11-12,15,17H,4,9-10H2,1-3H3. The summed E-state index contributed by atoms with van der Waals surface area (Å²) in [6, 6.07) is 8.45. The number of para-hydroxylation sites is 1. The molecule has 0 aliphatic heterocycles. The van der Waals surface area contributed by atoms with Crippen LogP contribution in [-0.4, -0.2) is 23.4 Å². The van der Waals surface area contributed by atoms with Crippen molar-refractivity contribution in [2.75, 3.05) is 13.7 Å². The van der Waals surface area contributed by atoms with Gasteiger partial charge >= 0.3 is 0 Å². The fourth-order valence-corrected chi connectivity index (χ4v) is 2.34. The van der Waals surface area contributed by atoms with Crippen molar-refractivity contribution >= 4 is 0 Å². The molecule has 108 valence electrons. The fourth-order valence-electron chi connectivity index (χ4n) is 2.34. The number of rotatable bonds is 7. The maximum absolute atomic E-state index is 5.44. The van der Waals surface area contributed by atoms with Crippen LogP contribution in [0.1, 0.15) is 30.5 Å². The summed E-state index contributed by atoms with van der Waals surface area (Å²) in [5.74, 6) is 0.944. The van der Waals surface area contributed by atoms with Gasteiger partial charge in [-0.2, -0.15) is 5.10 Å². The second-order valence-electron chi connectivity index (χ2n) is 4.97. The van der Waals surface area contributed by atoms with Crippen LogP contribution in [0.25, 0.3) is 0 Å². The lowest BCUT2D eigenvalue weighted by molar-refractivity contribution is 0.405. The molecule has 0 aliphatic rings. The number of ether oxygens (including phenoxy) is 1. The van der Waals surface area contributed by atoms with Gasteiger partial charge in [-0.3, -0.25) is 4.68 Å². The summed E-state index contributed by atoms with van der Waals surface area (Å²) < 4.78 is 7.29. The van der Waals surface area contributed by atoms with Crippen LogP contribution in [0.5, 0.6) is 5.75 Å². The molecule has 0 aliphatic carbocycles. The van der Waals surface area contributed by atoms with Gasteiger partial charge in [0.2, 0.25) is 0 Å². The number of aryl methyl sites for hydroxylation is 1. The van der Waals surface area contributed by atoms with E-state index < -0.39 is 0 Å². The average molecular weight is 273 g/mol. The summed E-state index contributed by atoms with van der Waals surface area (Å²) in [5, 5.41) is 7.87. The van der Waals surface area contributed by atoms with Crippen LogP contribution in [0.2, 0.25) is 0 Å². The minimum absolute atomic E-state index is 0.264. The van der Waals surface area contributed by atoms with Crippen molar-refractivity contribution in [3.63, 3.8) is 0 Å². The number of nitrogens with zero attached hydrogens (tertiary/aromatic N) is 2. The Labute approximate surface area is 120 Å². The molecule has 1 unspecified atom stereocenters. The van der Waals surface area contributed by atoms with Crippen molar-refractivity contribution in [3.8, 4) is 5.75 Å². The Morgan fingerprint density at radius 2 is 2.15 bits per heavy atom. The molecule has 0 saturated heterocycles. The number of hydrogen-bond donors (Lipinski definition) is 1. The van der Waals surface area contributed by atoms with Gasteiger partial charge < -0.3 is 10.1 Å². The van der Waals surface area contributed by atoms with Crippen molar-refractivity contribution in [3.05, 3.63) is 47.8 Å². The molecule has 0 bridgehead atoms. The highest BCUT2D eigenvalue weighted by Gasteiger charge is 2.15. The third-order valence-electron chi connectivity index (χ3n) is 3.38. The van der Waals surface area contributed by atoms with Gasteiger partial charge in [-0.25, -0.2) is 0 Å². The zero-order valence-corrected chi connectivity index (χ0v) is 12.5. The van der Waals surface area contributed by atoms with Crippen molar-refractivity contribution in [1.29, 1.82) is 0 Å². The van der Waals surface area contributed by atoms with Gasteiger partial charge in [-0.05, 0) is 31.0 Å². The van der Waals surface area contributed by atoms with Crippen molar-refractivity contribution in [2.24, 2.45) is 7.05 Å².